The van der Waals surface area contributed by atoms with Crippen LogP contribution in [0.25, 0.3) is 0 Å². The number of nitrogens with two attached hydrogens (primary N) is 1. The summed E-state index contributed by atoms with van der Waals surface area (Å²) in [7, 11) is 0. The van der Waals surface area contributed by atoms with Crippen LogP contribution in [0.1, 0.15) is 25.3 Å². The normalized spacial score (nSPS) is 13.9. The van der Waals surface area contributed by atoms with E-state index in [4.69, 9.17) is 10.5 Å². The van der Waals surface area contributed by atoms with Gasteiger partial charge in [-0.3, -0.25) is 4.79 Å². The highest BCUT2D eigenvalue weighted by molar-refractivity contribution is 5.84. The minimum atomic E-state index is -0.561. The zero-order valence-corrected chi connectivity index (χ0v) is 10.8. The lowest BCUT2D eigenvalue weighted by molar-refractivity contribution is -0.123. The number of carbonyl (C=O) groups excluding carboxylic acids is 1. The van der Waals surface area contributed by atoms with Crippen molar-refractivity contribution >= 4 is 5.78 Å². The van der Waals surface area contributed by atoms with Crippen molar-refractivity contribution < 1.29 is 9.53 Å². The molecule has 2 N–H and O–H groups in total. The second-order valence-electron chi connectivity index (χ2n) is 4.32. The first-order valence-electron chi connectivity index (χ1n) is 6.20. The second kappa shape index (κ2) is 7.80. The summed E-state index contributed by atoms with van der Waals surface area (Å²) in [6.45, 7) is 5.90. The molecule has 1 aromatic carbocycles. The van der Waals surface area contributed by atoms with Crippen LogP contribution in [0.15, 0.2) is 43.0 Å². The van der Waals surface area contributed by atoms with Crippen LogP contribution in [0.3, 0.4) is 0 Å². The third-order valence-electron chi connectivity index (χ3n) is 2.83. The molecule has 3 heteroatoms. The zero-order valence-electron chi connectivity index (χ0n) is 10.8. The van der Waals surface area contributed by atoms with Crippen LogP contribution in [0.5, 0.6) is 0 Å². The van der Waals surface area contributed by atoms with Gasteiger partial charge >= 0.3 is 0 Å². The fourth-order valence-electron chi connectivity index (χ4n) is 1.58. The van der Waals surface area contributed by atoms with Gasteiger partial charge in [0, 0.05) is 6.42 Å². The van der Waals surface area contributed by atoms with Crippen LogP contribution in [0.2, 0.25) is 0 Å². The van der Waals surface area contributed by atoms with Crippen LogP contribution in [0.4, 0.5) is 0 Å². The fraction of sp³-hybridized carbons (Fsp3) is 0.400. The van der Waals surface area contributed by atoms with Crippen molar-refractivity contribution in [2.45, 2.75) is 38.5 Å². The molecule has 0 saturated carbocycles. The Kier molecular flexibility index (Phi) is 6.33. The predicted octanol–water partition coefficient (Wildman–Crippen LogP) is 2.45. The first kappa shape index (κ1) is 14.6. The lowest BCUT2D eigenvalue weighted by atomic mass is 10.0. The second-order valence-corrected chi connectivity index (χ2v) is 4.32. The van der Waals surface area contributed by atoms with Gasteiger partial charge in [0.15, 0.2) is 5.78 Å². The number of ether oxygens (including phenoxy) is 1. The number of Topliss-reactive ketones (excluding diaryl/α,β-unsaturated/α-hetero) is 1. The van der Waals surface area contributed by atoms with E-state index >= 15 is 0 Å². The molecular weight excluding hydrogens is 226 g/mol. The maximum Gasteiger partial charge on any atom is 0.152 e. The molecule has 0 aliphatic heterocycles. The largest absolute Gasteiger partial charge is 0.372 e. The molecule has 2 atom stereocenters. The van der Waals surface area contributed by atoms with Gasteiger partial charge in [-0.25, -0.2) is 0 Å². The molecule has 0 aromatic heterocycles. The molecule has 0 amide bonds. The van der Waals surface area contributed by atoms with E-state index in [-0.39, 0.29) is 11.9 Å². The summed E-state index contributed by atoms with van der Waals surface area (Å²) in [5.74, 6) is 0.0236. The third kappa shape index (κ3) is 4.82. The Morgan fingerprint density at radius 1 is 1.44 bits per heavy atom. The van der Waals surface area contributed by atoms with E-state index in [9.17, 15) is 4.79 Å². The SMILES string of the molecule is C=CCCC(=O)[C@H](N)[C@H](C)OCc1ccccc1. The topological polar surface area (TPSA) is 52.3 Å². The van der Waals surface area contributed by atoms with Crippen molar-refractivity contribution in [3.05, 3.63) is 48.6 Å². The summed E-state index contributed by atoms with van der Waals surface area (Å²) in [4.78, 5) is 11.7. The molecular formula is C15H21NO2. The summed E-state index contributed by atoms with van der Waals surface area (Å²) >= 11 is 0. The summed E-state index contributed by atoms with van der Waals surface area (Å²) in [5, 5.41) is 0. The van der Waals surface area contributed by atoms with Crippen LogP contribution in [-0.2, 0) is 16.1 Å². The minimum absolute atomic E-state index is 0.0236. The maximum absolute atomic E-state index is 11.7. The summed E-state index contributed by atoms with van der Waals surface area (Å²) in [5.41, 5.74) is 6.94. The van der Waals surface area contributed by atoms with Crippen LogP contribution < -0.4 is 5.73 Å². The van der Waals surface area contributed by atoms with Gasteiger partial charge in [0.2, 0.25) is 0 Å². The summed E-state index contributed by atoms with van der Waals surface area (Å²) in [6, 6.07) is 9.28. The van der Waals surface area contributed by atoms with Gasteiger partial charge in [-0.1, -0.05) is 36.4 Å². The average molecular weight is 247 g/mol. The Morgan fingerprint density at radius 2 is 2.11 bits per heavy atom. The van der Waals surface area contributed by atoms with Crippen molar-refractivity contribution in [1.29, 1.82) is 0 Å². The number of rotatable bonds is 8. The quantitative estimate of drug-likeness (QED) is 0.718. The monoisotopic (exact) mass is 247 g/mol. The predicted molar refractivity (Wildman–Crippen MR) is 73.1 cm³/mol. The molecule has 1 rings (SSSR count). The molecule has 18 heavy (non-hydrogen) atoms. The van der Waals surface area contributed by atoms with Crippen molar-refractivity contribution in [2.75, 3.05) is 0 Å². The van der Waals surface area contributed by atoms with E-state index < -0.39 is 6.04 Å². The lowest BCUT2D eigenvalue weighted by Crippen LogP contribution is -2.41. The number of ketones is 1. The minimum Gasteiger partial charge on any atom is -0.372 e. The highest BCUT2D eigenvalue weighted by Gasteiger charge is 2.20. The Hall–Kier alpha value is -1.45. The maximum atomic E-state index is 11.7. The summed E-state index contributed by atoms with van der Waals surface area (Å²) in [6.07, 6.45) is 2.55. The molecule has 0 heterocycles. The Balaban J connectivity index is 2.37. The van der Waals surface area contributed by atoms with E-state index in [2.05, 4.69) is 6.58 Å². The van der Waals surface area contributed by atoms with Gasteiger partial charge in [0.05, 0.1) is 18.8 Å². The van der Waals surface area contributed by atoms with Gasteiger partial charge < -0.3 is 10.5 Å². The molecule has 0 bridgehead atoms. The van der Waals surface area contributed by atoms with E-state index in [1.807, 2.05) is 37.3 Å². The molecule has 0 fully saturated rings. The first-order chi connectivity index (χ1) is 8.65. The van der Waals surface area contributed by atoms with Crippen LogP contribution >= 0.6 is 0 Å². The molecule has 0 radical (unpaired) electrons. The summed E-state index contributed by atoms with van der Waals surface area (Å²) < 4.78 is 5.62. The molecule has 98 valence electrons. The van der Waals surface area contributed by atoms with E-state index in [0.29, 0.717) is 19.4 Å². The Labute approximate surface area is 109 Å². The lowest BCUT2D eigenvalue weighted by Gasteiger charge is -2.19. The Morgan fingerprint density at radius 3 is 2.72 bits per heavy atom. The number of hydrogen-bond acceptors (Lipinski definition) is 3. The number of benzene rings is 1. The third-order valence-corrected chi connectivity index (χ3v) is 2.83. The molecule has 0 aliphatic carbocycles. The van der Waals surface area contributed by atoms with Gasteiger partial charge in [0.1, 0.15) is 0 Å². The standard InChI is InChI=1S/C15H21NO2/c1-3-4-10-14(17)15(16)12(2)18-11-13-8-6-5-7-9-13/h3,5-9,12,15H,1,4,10-11,16H2,2H3/t12-,15+/m0/s1. The van der Waals surface area contributed by atoms with E-state index in [1.54, 1.807) is 6.08 Å². The highest BCUT2D eigenvalue weighted by atomic mass is 16.5. The average Bonchev–Trinajstić information content (AvgIpc) is 2.42. The van der Waals surface area contributed by atoms with Crippen LogP contribution in [-0.4, -0.2) is 17.9 Å². The molecule has 0 aliphatic rings. The molecule has 0 saturated heterocycles. The number of carbonyl (C=O) groups is 1. The molecule has 3 nitrogen and oxygen atoms in total. The van der Waals surface area contributed by atoms with Gasteiger partial charge in [0.25, 0.3) is 0 Å². The first-order valence-corrected chi connectivity index (χ1v) is 6.20. The van der Waals surface area contributed by atoms with Gasteiger partial charge in [-0.05, 0) is 18.9 Å². The Bertz CT molecular complexity index is 375. The highest BCUT2D eigenvalue weighted by Crippen LogP contribution is 2.07. The van der Waals surface area contributed by atoms with Crippen molar-refractivity contribution in [3.8, 4) is 0 Å². The van der Waals surface area contributed by atoms with Crippen molar-refractivity contribution in [2.24, 2.45) is 5.73 Å². The fourth-order valence-corrected chi connectivity index (χ4v) is 1.58. The van der Waals surface area contributed by atoms with Crippen molar-refractivity contribution in [1.82, 2.24) is 0 Å². The van der Waals surface area contributed by atoms with E-state index in [1.165, 1.54) is 0 Å². The van der Waals surface area contributed by atoms with Crippen molar-refractivity contribution in [3.63, 3.8) is 0 Å². The number of allylic oxidation sites excluding steroid dienone is 1. The molecule has 0 unspecified atom stereocenters. The van der Waals surface area contributed by atoms with Crippen LogP contribution in [0, 0.1) is 0 Å². The van der Waals surface area contributed by atoms with E-state index in [0.717, 1.165) is 5.56 Å². The molecule has 1 aromatic rings. The zero-order chi connectivity index (χ0) is 13.4. The molecule has 0 spiro atoms. The van der Waals surface area contributed by atoms with Gasteiger partial charge in [-0.2, -0.15) is 0 Å². The smallest absolute Gasteiger partial charge is 0.152 e. The number of hydrogen-bond donors (Lipinski definition) is 1. The van der Waals surface area contributed by atoms with Gasteiger partial charge in [-0.15, -0.1) is 6.58 Å².